The minimum atomic E-state index is -4.14. The summed E-state index contributed by atoms with van der Waals surface area (Å²) in [5, 5.41) is 0.643. The fourth-order valence-electron chi connectivity index (χ4n) is 2.42. The second-order valence-corrected chi connectivity index (χ2v) is 10.9. The molecule has 0 spiro atoms. The van der Waals surface area contributed by atoms with Gasteiger partial charge in [-0.25, -0.2) is 16.8 Å². The Bertz CT molecular complexity index is 1130. The predicted octanol–water partition coefficient (Wildman–Crippen LogP) is 4.12. The van der Waals surface area contributed by atoms with Crippen LogP contribution in [0.3, 0.4) is 0 Å². The number of rotatable bonds is 7. The van der Waals surface area contributed by atoms with Gasteiger partial charge in [0.05, 0.1) is 15.5 Å². The first-order valence-corrected chi connectivity index (χ1v) is 12.4. The molecule has 0 radical (unpaired) electrons. The van der Waals surface area contributed by atoms with Gasteiger partial charge < -0.3 is 4.42 Å². The summed E-state index contributed by atoms with van der Waals surface area (Å²) >= 11 is 1.29. The molecule has 0 fully saturated rings. The number of unbranched alkanes of at least 4 members (excludes halogenated alkanes) is 1. The second-order valence-electron chi connectivity index (χ2n) is 6.08. The van der Waals surface area contributed by atoms with Crippen LogP contribution in [0.1, 0.15) is 25.3 Å². The normalized spacial score (nSPS) is 12.4. The maximum atomic E-state index is 13.1. The molecule has 0 atom stereocenters. The fourth-order valence-corrected chi connectivity index (χ4v) is 6.33. The first kappa shape index (κ1) is 19.8. The van der Waals surface area contributed by atoms with Gasteiger partial charge in [-0.15, -0.1) is 11.3 Å². The third kappa shape index (κ3) is 3.99. The second kappa shape index (κ2) is 7.57. The Hall–Kier alpha value is -1.97. The fraction of sp³-hybridized carbons (Fsp3) is 0.278. The summed E-state index contributed by atoms with van der Waals surface area (Å²) in [6.07, 6.45) is 1.06. The number of aryl methyl sites for hydroxylation is 1. The number of benzene rings is 1. The Morgan fingerprint density at radius 1 is 1.07 bits per heavy atom. The molecule has 6 nitrogen and oxygen atoms in total. The molecule has 0 saturated heterocycles. The molecule has 0 aliphatic rings. The molecule has 1 aromatic carbocycles. The van der Waals surface area contributed by atoms with E-state index >= 15 is 0 Å². The standard InChI is InChI=1S/C18H19NO5S3/c1-3-4-12-26(20,21)18-17(19-16(24-18)15-6-5-11-25-15)27(22,23)14-9-7-13(2)8-10-14/h5-11H,3-4,12H2,1-2H3. The summed E-state index contributed by atoms with van der Waals surface area (Å²) in [4.78, 5) is 4.61. The SMILES string of the molecule is CCCCS(=O)(=O)c1oc(-c2cccs2)nc1S(=O)(=O)c1ccc(C)cc1. The first-order chi connectivity index (χ1) is 12.8. The minimum Gasteiger partial charge on any atom is -0.422 e. The summed E-state index contributed by atoms with van der Waals surface area (Å²) in [6.45, 7) is 3.69. The van der Waals surface area contributed by atoms with E-state index in [0.29, 0.717) is 17.7 Å². The maximum Gasteiger partial charge on any atom is 0.258 e. The summed E-state index contributed by atoms with van der Waals surface area (Å²) in [5.74, 6) is -0.204. The molecule has 3 rings (SSSR count). The van der Waals surface area contributed by atoms with E-state index in [1.807, 2.05) is 13.8 Å². The Morgan fingerprint density at radius 2 is 1.78 bits per heavy atom. The van der Waals surface area contributed by atoms with Gasteiger partial charge in [-0.05, 0) is 36.9 Å². The lowest BCUT2D eigenvalue weighted by Crippen LogP contribution is -2.12. The zero-order chi connectivity index (χ0) is 19.7. The van der Waals surface area contributed by atoms with Gasteiger partial charge in [-0.2, -0.15) is 4.98 Å². The molecule has 0 amide bonds. The van der Waals surface area contributed by atoms with Crippen molar-refractivity contribution in [3.8, 4) is 10.8 Å². The van der Waals surface area contributed by atoms with Gasteiger partial charge >= 0.3 is 0 Å². The molecule has 9 heteroatoms. The van der Waals surface area contributed by atoms with Crippen molar-refractivity contribution in [2.75, 3.05) is 5.75 Å². The van der Waals surface area contributed by atoms with Crippen molar-refractivity contribution in [2.24, 2.45) is 0 Å². The molecule has 0 saturated carbocycles. The van der Waals surface area contributed by atoms with Gasteiger partial charge in [0.25, 0.3) is 5.09 Å². The van der Waals surface area contributed by atoms with Crippen LogP contribution in [0.15, 0.2) is 61.2 Å². The van der Waals surface area contributed by atoms with Crippen molar-refractivity contribution in [2.45, 2.75) is 41.7 Å². The van der Waals surface area contributed by atoms with Crippen molar-refractivity contribution < 1.29 is 21.3 Å². The van der Waals surface area contributed by atoms with Crippen LogP contribution in [0.4, 0.5) is 0 Å². The van der Waals surface area contributed by atoms with Crippen molar-refractivity contribution in [3.63, 3.8) is 0 Å². The molecule has 27 heavy (non-hydrogen) atoms. The van der Waals surface area contributed by atoms with Crippen molar-refractivity contribution in [1.82, 2.24) is 4.98 Å². The topological polar surface area (TPSA) is 94.3 Å². The summed E-state index contributed by atoms with van der Waals surface area (Å²) in [6, 6.07) is 9.63. The number of aromatic nitrogens is 1. The van der Waals surface area contributed by atoms with E-state index in [1.165, 1.54) is 23.5 Å². The number of hydrogen-bond acceptors (Lipinski definition) is 7. The van der Waals surface area contributed by atoms with E-state index in [2.05, 4.69) is 4.98 Å². The van der Waals surface area contributed by atoms with Crippen LogP contribution < -0.4 is 0 Å². The number of hydrogen-bond donors (Lipinski definition) is 0. The van der Waals surface area contributed by atoms with Gasteiger partial charge in [0.1, 0.15) is 0 Å². The van der Waals surface area contributed by atoms with Crippen LogP contribution in [0.5, 0.6) is 0 Å². The minimum absolute atomic E-state index is 0.00856. The Labute approximate surface area is 162 Å². The molecule has 0 aliphatic carbocycles. The lowest BCUT2D eigenvalue weighted by atomic mass is 10.2. The Balaban J connectivity index is 2.20. The number of oxazole rings is 1. The monoisotopic (exact) mass is 425 g/mol. The zero-order valence-electron chi connectivity index (χ0n) is 14.9. The highest BCUT2D eigenvalue weighted by Gasteiger charge is 2.35. The third-order valence-corrected chi connectivity index (χ3v) is 8.27. The van der Waals surface area contributed by atoms with Crippen LogP contribution >= 0.6 is 11.3 Å². The molecule has 3 aromatic rings. The van der Waals surface area contributed by atoms with Gasteiger partial charge in [-0.1, -0.05) is 37.1 Å². The molecular weight excluding hydrogens is 406 g/mol. The van der Waals surface area contributed by atoms with Crippen molar-refractivity contribution >= 4 is 31.0 Å². The van der Waals surface area contributed by atoms with E-state index < -0.39 is 29.8 Å². The van der Waals surface area contributed by atoms with Crippen molar-refractivity contribution in [3.05, 3.63) is 47.3 Å². The van der Waals surface area contributed by atoms with Gasteiger partial charge in [0.15, 0.2) is 0 Å². The Kier molecular flexibility index (Phi) is 5.55. The number of sulfone groups is 2. The van der Waals surface area contributed by atoms with Crippen LogP contribution in [0.2, 0.25) is 0 Å². The van der Waals surface area contributed by atoms with E-state index in [0.717, 1.165) is 5.56 Å². The average Bonchev–Trinajstić information content (AvgIpc) is 3.30. The highest BCUT2D eigenvalue weighted by molar-refractivity contribution is 7.94. The molecule has 0 bridgehead atoms. The van der Waals surface area contributed by atoms with Gasteiger partial charge in [0, 0.05) is 0 Å². The lowest BCUT2D eigenvalue weighted by molar-refractivity contribution is 0.445. The predicted molar refractivity (Wildman–Crippen MR) is 103 cm³/mol. The van der Waals surface area contributed by atoms with Gasteiger partial charge in [-0.3, -0.25) is 0 Å². The van der Waals surface area contributed by atoms with E-state index in [4.69, 9.17) is 4.42 Å². The third-order valence-electron chi connectivity index (χ3n) is 3.93. The average molecular weight is 426 g/mol. The van der Waals surface area contributed by atoms with Crippen LogP contribution in [-0.4, -0.2) is 27.6 Å². The summed E-state index contributed by atoms with van der Waals surface area (Å²) < 4.78 is 57.1. The molecule has 144 valence electrons. The summed E-state index contributed by atoms with van der Waals surface area (Å²) in [5.41, 5.74) is 0.893. The maximum absolute atomic E-state index is 13.1. The molecular formula is C18H19NO5S3. The smallest absolute Gasteiger partial charge is 0.258 e. The highest BCUT2D eigenvalue weighted by atomic mass is 32.2. The summed E-state index contributed by atoms with van der Waals surface area (Å²) in [7, 11) is -8.07. The van der Waals surface area contributed by atoms with E-state index in [-0.39, 0.29) is 16.5 Å². The zero-order valence-corrected chi connectivity index (χ0v) is 17.3. The number of nitrogens with zero attached hydrogens (tertiary/aromatic N) is 1. The first-order valence-electron chi connectivity index (χ1n) is 8.35. The number of thiophene rings is 1. The van der Waals surface area contributed by atoms with Crippen LogP contribution in [0, 0.1) is 6.92 Å². The Morgan fingerprint density at radius 3 is 2.37 bits per heavy atom. The lowest BCUT2D eigenvalue weighted by Gasteiger charge is -2.05. The molecule has 2 aromatic heterocycles. The quantitative estimate of drug-likeness (QED) is 0.565. The largest absolute Gasteiger partial charge is 0.422 e. The van der Waals surface area contributed by atoms with Crippen LogP contribution in [0.25, 0.3) is 10.8 Å². The van der Waals surface area contributed by atoms with E-state index in [1.54, 1.807) is 29.6 Å². The molecule has 0 aliphatic heterocycles. The van der Waals surface area contributed by atoms with E-state index in [9.17, 15) is 16.8 Å². The molecule has 2 heterocycles. The molecule has 0 N–H and O–H groups in total. The van der Waals surface area contributed by atoms with Crippen molar-refractivity contribution in [1.29, 1.82) is 0 Å². The van der Waals surface area contributed by atoms with Crippen LogP contribution in [-0.2, 0) is 19.7 Å². The highest BCUT2D eigenvalue weighted by Crippen LogP contribution is 2.34. The van der Waals surface area contributed by atoms with Gasteiger partial charge in [0.2, 0.25) is 30.6 Å². The molecule has 0 unspecified atom stereocenters.